The number of carbonyl (C=O) groups excluding carboxylic acids is 2. The van der Waals surface area contributed by atoms with Crippen LogP contribution in [0.25, 0.3) is 0 Å². The van der Waals surface area contributed by atoms with Crippen LogP contribution in [0.15, 0.2) is 48.5 Å². The van der Waals surface area contributed by atoms with Crippen LogP contribution >= 0.6 is 0 Å². The van der Waals surface area contributed by atoms with Gasteiger partial charge in [-0.25, -0.2) is 0 Å². The van der Waals surface area contributed by atoms with E-state index in [0.717, 1.165) is 30.4 Å². The van der Waals surface area contributed by atoms with Gasteiger partial charge in [0.15, 0.2) is 11.6 Å². The summed E-state index contributed by atoms with van der Waals surface area (Å²) in [4.78, 5) is 23.7. The van der Waals surface area contributed by atoms with Crippen LogP contribution < -0.4 is 0 Å². The van der Waals surface area contributed by atoms with E-state index < -0.39 is 0 Å². The van der Waals surface area contributed by atoms with Gasteiger partial charge in [-0.3, -0.25) is 9.59 Å². The molecule has 0 heterocycles. The lowest BCUT2D eigenvalue weighted by Gasteiger charge is -2.25. The maximum Gasteiger partial charge on any atom is 0.159 e. The summed E-state index contributed by atoms with van der Waals surface area (Å²) < 4.78 is 0. The predicted molar refractivity (Wildman–Crippen MR) is 126 cm³/mol. The second-order valence-electron chi connectivity index (χ2n) is 8.73. The molecule has 0 spiro atoms. The number of rotatable bonds is 13. The van der Waals surface area contributed by atoms with Crippen molar-refractivity contribution in [1.29, 1.82) is 0 Å². The van der Waals surface area contributed by atoms with Crippen molar-refractivity contribution < 1.29 is 9.59 Å². The molecule has 0 aliphatic heterocycles. The molecule has 2 aromatic rings. The molecule has 0 aliphatic carbocycles. The van der Waals surface area contributed by atoms with E-state index in [0.29, 0.717) is 11.8 Å². The van der Waals surface area contributed by atoms with Crippen LogP contribution in [0.1, 0.15) is 110 Å². The maximum atomic E-state index is 11.9. The SMILES string of the molecule is CCCCC(Cc1cccc(C(C)=O)c1)CC(CCCC)c1cccc(C(C)=O)c1. The molecule has 0 radical (unpaired) electrons. The fraction of sp³-hybridized carbons (Fsp3) is 0.500. The van der Waals surface area contributed by atoms with Crippen LogP contribution in [0, 0.1) is 5.92 Å². The average molecular weight is 407 g/mol. The molecule has 0 saturated carbocycles. The van der Waals surface area contributed by atoms with Crippen LogP contribution in [0.5, 0.6) is 0 Å². The normalized spacial score (nSPS) is 13.1. The summed E-state index contributed by atoms with van der Waals surface area (Å²) in [5.74, 6) is 1.32. The highest BCUT2D eigenvalue weighted by Crippen LogP contribution is 2.33. The van der Waals surface area contributed by atoms with Crippen molar-refractivity contribution in [2.75, 3.05) is 0 Å². The Hall–Kier alpha value is -2.22. The van der Waals surface area contributed by atoms with Gasteiger partial charge < -0.3 is 0 Å². The lowest BCUT2D eigenvalue weighted by molar-refractivity contribution is 0.100. The topological polar surface area (TPSA) is 34.1 Å². The van der Waals surface area contributed by atoms with Gasteiger partial charge in [-0.2, -0.15) is 0 Å². The molecule has 0 aliphatic rings. The Kier molecular flexibility index (Phi) is 10.00. The highest BCUT2D eigenvalue weighted by atomic mass is 16.1. The third-order valence-electron chi connectivity index (χ3n) is 6.11. The maximum absolute atomic E-state index is 11.9. The molecule has 30 heavy (non-hydrogen) atoms. The summed E-state index contributed by atoms with van der Waals surface area (Å²) in [5, 5.41) is 0. The molecular weight excluding hydrogens is 368 g/mol. The third kappa shape index (κ3) is 7.55. The first-order chi connectivity index (χ1) is 14.4. The summed E-state index contributed by atoms with van der Waals surface area (Å²) in [6.45, 7) is 7.77. The largest absolute Gasteiger partial charge is 0.295 e. The van der Waals surface area contributed by atoms with Gasteiger partial charge >= 0.3 is 0 Å². The first-order valence-electron chi connectivity index (χ1n) is 11.6. The Morgan fingerprint density at radius 2 is 1.40 bits per heavy atom. The van der Waals surface area contributed by atoms with E-state index in [1.165, 1.54) is 43.2 Å². The molecule has 2 aromatic carbocycles. The molecule has 162 valence electrons. The van der Waals surface area contributed by atoms with Gasteiger partial charge in [0.25, 0.3) is 0 Å². The van der Waals surface area contributed by atoms with Crippen molar-refractivity contribution in [2.24, 2.45) is 5.92 Å². The lowest BCUT2D eigenvalue weighted by atomic mass is 9.80. The quantitative estimate of drug-likeness (QED) is 0.318. The van der Waals surface area contributed by atoms with E-state index in [4.69, 9.17) is 0 Å². The van der Waals surface area contributed by atoms with E-state index in [2.05, 4.69) is 38.1 Å². The van der Waals surface area contributed by atoms with Gasteiger partial charge in [0.2, 0.25) is 0 Å². The van der Waals surface area contributed by atoms with Crippen molar-refractivity contribution in [3.05, 3.63) is 70.8 Å². The van der Waals surface area contributed by atoms with Gasteiger partial charge in [-0.1, -0.05) is 82.3 Å². The molecule has 0 fully saturated rings. The van der Waals surface area contributed by atoms with Gasteiger partial charge in [-0.05, 0) is 68.2 Å². The van der Waals surface area contributed by atoms with Crippen LogP contribution in [-0.4, -0.2) is 11.6 Å². The Bertz CT molecular complexity index is 821. The molecule has 0 bridgehead atoms. The van der Waals surface area contributed by atoms with Crippen LogP contribution in [0.3, 0.4) is 0 Å². The fourth-order valence-electron chi connectivity index (χ4n) is 4.33. The molecule has 2 heteroatoms. The van der Waals surface area contributed by atoms with Gasteiger partial charge in [0, 0.05) is 11.1 Å². The summed E-state index contributed by atoms with van der Waals surface area (Å²) >= 11 is 0. The lowest BCUT2D eigenvalue weighted by Crippen LogP contribution is -2.12. The van der Waals surface area contributed by atoms with E-state index >= 15 is 0 Å². The molecule has 0 saturated heterocycles. The number of hydrogen-bond donors (Lipinski definition) is 0. The minimum absolute atomic E-state index is 0.129. The average Bonchev–Trinajstić information content (AvgIpc) is 2.75. The Labute approximate surface area is 183 Å². The summed E-state index contributed by atoms with van der Waals surface area (Å²) in [6, 6.07) is 16.4. The number of unbranched alkanes of at least 4 members (excludes halogenated alkanes) is 2. The molecule has 0 aromatic heterocycles. The van der Waals surface area contributed by atoms with Crippen molar-refractivity contribution in [2.45, 2.75) is 85.0 Å². The number of Topliss-reactive ketones (excluding diaryl/α,β-unsaturated/α-hetero) is 2. The Balaban J connectivity index is 2.24. The summed E-state index contributed by atoms with van der Waals surface area (Å²) in [5.41, 5.74) is 4.18. The Morgan fingerprint density at radius 3 is 2.03 bits per heavy atom. The number of benzene rings is 2. The van der Waals surface area contributed by atoms with Crippen molar-refractivity contribution in [3.8, 4) is 0 Å². The second-order valence-corrected chi connectivity index (χ2v) is 8.73. The van der Waals surface area contributed by atoms with Crippen molar-refractivity contribution in [1.82, 2.24) is 0 Å². The van der Waals surface area contributed by atoms with E-state index in [9.17, 15) is 9.59 Å². The first kappa shape index (κ1) is 24.1. The van der Waals surface area contributed by atoms with Gasteiger partial charge in [-0.15, -0.1) is 0 Å². The molecule has 2 unspecified atom stereocenters. The smallest absolute Gasteiger partial charge is 0.159 e. The van der Waals surface area contributed by atoms with Crippen LogP contribution in [0.4, 0.5) is 0 Å². The monoisotopic (exact) mass is 406 g/mol. The van der Waals surface area contributed by atoms with Crippen molar-refractivity contribution in [3.63, 3.8) is 0 Å². The number of ketones is 2. The standard InChI is InChI=1S/C28H38O2/c1-5-7-11-23(17-24-12-9-14-25(18-24)21(3)29)19-27(13-8-6-2)28-16-10-15-26(20-28)22(4)30/h9-10,12,14-16,18,20,23,27H,5-8,11,13,17,19H2,1-4H3. The summed E-state index contributed by atoms with van der Waals surface area (Å²) in [6.07, 6.45) is 9.32. The summed E-state index contributed by atoms with van der Waals surface area (Å²) in [7, 11) is 0. The molecule has 2 nitrogen and oxygen atoms in total. The predicted octanol–water partition coefficient (Wildman–Crippen LogP) is 7.80. The zero-order valence-corrected chi connectivity index (χ0v) is 19.2. The van der Waals surface area contributed by atoms with Gasteiger partial charge in [0.05, 0.1) is 0 Å². The first-order valence-corrected chi connectivity index (χ1v) is 11.6. The molecular formula is C28H38O2. The van der Waals surface area contributed by atoms with Crippen LogP contribution in [-0.2, 0) is 6.42 Å². The number of carbonyl (C=O) groups is 2. The van der Waals surface area contributed by atoms with E-state index in [-0.39, 0.29) is 11.6 Å². The van der Waals surface area contributed by atoms with Crippen LogP contribution in [0.2, 0.25) is 0 Å². The van der Waals surface area contributed by atoms with Crippen molar-refractivity contribution >= 4 is 11.6 Å². The third-order valence-corrected chi connectivity index (χ3v) is 6.11. The minimum Gasteiger partial charge on any atom is -0.295 e. The highest BCUT2D eigenvalue weighted by molar-refractivity contribution is 5.94. The zero-order chi connectivity index (χ0) is 21.9. The van der Waals surface area contributed by atoms with E-state index in [1.807, 2.05) is 24.3 Å². The molecule has 0 amide bonds. The molecule has 0 N–H and O–H groups in total. The molecule has 2 rings (SSSR count). The molecule has 2 atom stereocenters. The van der Waals surface area contributed by atoms with E-state index in [1.54, 1.807) is 13.8 Å². The Morgan fingerprint density at radius 1 is 0.800 bits per heavy atom. The zero-order valence-electron chi connectivity index (χ0n) is 19.2. The number of hydrogen-bond acceptors (Lipinski definition) is 2. The van der Waals surface area contributed by atoms with Gasteiger partial charge in [0.1, 0.15) is 0 Å². The minimum atomic E-state index is 0.129. The second kappa shape index (κ2) is 12.5. The highest BCUT2D eigenvalue weighted by Gasteiger charge is 2.19. The fourth-order valence-corrected chi connectivity index (χ4v) is 4.33.